The van der Waals surface area contributed by atoms with Crippen molar-refractivity contribution in [3.63, 3.8) is 0 Å². The van der Waals surface area contributed by atoms with Gasteiger partial charge in [0.1, 0.15) is 18.5 Å². The van der Waals surface area contributed by atoms with E-state index in [1.165, 1.54) is 19.2 Å². The lowest BCUT2D eigenvalue weighted by molar-refractivity contribution is -0.166. The number of nitrogens with two attached hydrogens (primary N) is 1. The number of anilines is 1. The van der Waals surface area contributed by atoms with Gasteiger partial charge in [0.25, 0.3) is 0 Å². The maximum absolute atomic E-state index is 12.1. The van der Waals surface area contributed by atoms with E-state index >= 15 is 0 Å². The molecule has 26 heavy (non-hydrogen) atoms. The number of hydrogen-bond acceptors (Lipinski definition) is 10. The molecule has 1 saturated heterocycles. The van der Waals surface area contributed by atoms with Gasteiger partial charge in [-0.05, 0) is 6.07 Å². The Balaban J connectivity index is 2.40. The third-order valence-electron chi connectivity index (χ3n) is 3.47. The standard InChI is InChI=1S/C15H19N3O8/c1-7(19)23-6-10-12(24-8(2)20)13(25-9(3)21)14(26-10)18-5-4-11(16)17-15(18)22/h4-5,10,12-14H,6H2,1-3H3,(H2,16,17,22)/t10-,12-,13-,14-/m1/s1. The van der Waals surface area contributed by atoms with Crippen LogP contribution in [0.25, 0.3) is 0 Å². The molecule has 1 fully saturated rings. The Morgan fingerprint density at radius 1 is 1.15 bits per heavy atom. The van der Waals surface area contributed by atoms with Crippen LogP contribution in [0, 0.1) is 0 Å². The fourth-order valence-electron chi connectivity index (χ4n) is 2.54. The van der Waals surface area contributed by atoms with Gasteiger partial charge in [0.15, 0.2) is 18.4 Å². The number of aromatic nitrogens is 2. The van der Waals surface area contributed by atoms with Crippen LogP contribution in [0.1, 0.15) is 27.0 Å². The summed E-state index contributed by atoms with van der Waals surface area (Å²) in [6.45, 7) is 3.26. The van der Waals surface area contributed by atoms with Gasteiger partial charge in [0, 0.05) is 27.0 Å². The Morgan fingerprint density at radius 2 is 1.77 bits per heavy atom. The maximum atomic E-state index is 12.1. The van der Waals surface area contributed by atoms with Crippen molar-refractivity contribution in [1.82, 2.24) is 9.55 Å². The number of hydrogen-bond donors (Lipinski definition) is 1. The van der Waals surface area contributed by atoms with Crippen molar-refractivity contribution < 1.29 is 33.3 Å². The summed E-state index contributed by atoms with van der Waals surface area (Å²) in [5.41, 5.74) is 4.72. The highest BCUT2D eigenvalue weighted by atomic mass is 16.7. The van der Waals surface area contributed by atoms with Crippen LogP contribution in [0.2, 0.25) is 0 Å². The topological polar surface area (TPSA) is 149 Å². The average Bonchev–Trinajstić information content (AvgIpc) is 2.82. The summed E-state index contributed by atoms with van der Waals surface area (Å²) in [4.78, 5) is 49.7. The van der Waals surface area contributed by atoms with E-state index in [9.17, 15) is 19.2 Å². The van der Waals surface area contributed by atoms with E-state index in [1.807, 2.05) is 0 Å². The molecule has 4 atom stereocenters. The van der Waals surface area contributed by atoms with Gasteiger partial charge in [-0.2, -0.15) is 4.98 Å². The molecule has 0 unspecified atom stereocenters. The van der Waals surface area contributed by atoms with Crippen LogP contribution in [0.15, 0.2) is 17.1 Å². The number of rotatable bonds is 5. The van der Waals surface area contributed by atoms with Gasteiger partial charge in [-0.25, -0.2) is 4.79 Å². The van der Waals surface area contributed by atoms with Crippen molar-refractivity contribution >= 4 is 23.7 Å². The molecule has 2 heterocycles. The summed E-state index contributed by atoms with van der Waals surface area (Å²) >= 11 is 0. The van der Waals surface area contributed by atoms with Crippen molar-refractivity contribution in [2.75, 3.05) is 12.3 Å². The lowest BCUT2D eigenvalue weighted by Gasteiger charge is -2.23. The van der Waals surface area contributed by atoms with Gasteiger partial charge >= 0.3 is 23.6 Å². The molecule has 1 aromatic heterocycles. The summed E-state index contributed by atoms with van der Waals surface area (Å²) in [5, 5.41) is 0. The van der Waals surface area contributed by atoms with Crippen LogP contribution in [-0.4, -0.2) is 52.4 Å². The summed E-state index contributed by atoms with van der Waals surface area (Å²) < 4.78 is 22.1. The second-order valence-electron chi connectivity index (χ2n) is 5.56. The molecule has 2 rings (SSSR count). The molecule has 11 heteroatoms. The number of nitrogen functional groups attached to an aromatic ring is 1. The Bertz CT molecular complexity index is 762. The first-order chi connectivity index (χ1) is 12.2. The fraction of sp³-hybridized carbons (Fsp3) is 0.533. The first-order valence-corrected chi connectivity index (χ1v) is 7.67. The molecule has 0 bridgehead atoms. The third kappa shape index (κ3) is 4.57. The van der Waals surface area contributed by atoms with Crippen LogP contribution < -0.4 is 11.4 Å². The number of ether oxygens (including phenoxy) is 4. The molecule has 142 valence electrons. The second-order valence-corrected chi connectivity index (χ2v) is 5.56. The largest absolute Gasteiger partial charge is 0.463 e. The van der Waals surface area contributed by atoms with Crippen molar-refractivity contribution in [2.24, 2.45) is 0 Å². The Hall–Kier alpha value is -2.95. The van der Waals surface area contributed by atoms with E-state index < -0.39 is 48.1 Å². The number of nitrogens with zero attached hydrogens (tertiary/aromatic N) is 2. The molecule has 0 amide bonds. The number of carbonyl (C=O) groups is 3. The van der Waals surface area contributed by atoms with Gasteiger partial charge in [-0.1, -0.05) is 0 Å². The molecule has 11 nitrogen and oxygen atoms in total. The van der Waals surface area contributed by atoms with E-state index in [0.29, 0.717) is 0 Å². The smallest absolute Gasteiger partial charge is 0.351 e. The Kier molecular flexibility index (Phi) is 5.93. The normalized spacial score (nSPS) is 24.7. The summed E-state index contributed by atoms with van der Waals surface area (Å²) in [5.74, 6) is -1.91. The summed E-state index contributed by atoms with van der Waals surface area (Å²) in [7, 11) is 0. The highest BCUT2D eigenvalue weighted by Crippen LogP contribution is 2.33. The van der Waals surface area contributed by atoms with Gasteiger partial charge < -0.3 is 24.7 Å². The molecule has 1 aromatic rings. The van der Waals surface area contributed by atoms with Crippen molar-refractivity contribution in [3.8, 4) is 0 Å². The maximum Gasteiger partial charge on any atom is 0.351 e. The van der Waals surface area contributed by atoms with Crippen molar-refractivity contribution in [1.29, 1.82) is 0 Å². The van der Waals surface area contributed by atoms with Crippen LogP contribution in [0.5, 0.6) is 0 Å². The average molecular weight is 369 g/mol. The molecule has 2 N–H and O–H groups in total. The van der Waals surface area contributed by atoms with E-state index in [0.717, 1.165) is 18.4 Å². The quantitative estimate of drug-likeness (QED) is 0.513. The minimum absolute atomic E-state index is 0.00119. The van der Waals surface area contributed by atoms with Crippen LogP contribution >= 0.6 is 0 Å². The summed E-state index contributed by atoms with van der Waals surface area (Å²) in [6.07, 6.45) is -3.04. The van der Waals surface area contributed by atoms with Gasteiger partial charge in [0.05, 0.1) is 0 Å². The second kappa shape index (κ2) is 7.95. The van der Waals surface area contributed by atoms with E-state index in [2.05, 4.69) is 4.98 Å². The SMILES string of the molecule is CC(=O)OC[C@H]1O[C@@H](n2ccc(N)nc2=O)[C@H](OC(C)=O)[C@@H]1OC(C)=O. The molecule has 0 radical (unpaired) electrons. The van der Waals surface area contributed by atoms with Crippen LogP contribution in [0.4, 0.5) is 5.82 Å². The number of esters is 3. The Morgan fingerprint density at radius 3 is 2.31 bits per heavy atom. The predicted octanol–water partition coefficient (Wildman–Crippen LogP) is -0.851. The molecule has 0 aliphatic carbocycles. The zero-order valence-electron chi connectivity index (χ0n) is 14.4. The first kappa shape index (κ1) is 19.4. The lowest BCUT2D eigenvalue weighted by atomic mass is 10.1. The summed E-state index contributed by atoms with van der Waals surface area (Å²) in [6, 6.07) is 1.36. The first-order valence-electron chi connectivity index (χ1n) is 7.67. The van der Waals surface area contributed by atoms with E-state index in [1.54, 1.807) is 0 Å². The van der Waals surface area contributed by atoms with Crippen molar-refractivity contribution in [2.45, 2.75) is 45.3 Å². The molecule has 0 spiro atoms. The minimum atomic E-state index is -1.15. The third-order valence-corrected chi connectivity index (χ3v) is 3.47. The van der Waals surface area contributed by atoms with Gasteiger partial charge in [0.2, 0.25) is 0 Å². The molecular weight excluding hydrogens is 350 g/mol. The zero-order valence-corrected chi connectivity index (χ0v) is 14.4. The fourth-order valence-corrected chi connectivity index (χ4v) is 2.54. The highest BCUT2D eigenvalue weighted by Gasteiger charge is 2.50. The molecule has 1 aliphatic rings. The lowest BCUT2D eigenvalue weighted by Crippen LogP contribution is -2.41. The monoisotopic (exact) mass is 369 g/mol. The molecular formula is C15H19N3O8. The van der Waals surface area contributed by atoms with Crippen LogP contribution in [0.3, 0.4) is 0 Å². The van der Waals surface area contributed by atoms with Crippen molar-refractivity contribution in [3.05, 3.63) is 22.7 Å². The van der Waals surface area contributed by atoms with Gasteiger partial charge in [-0.15, -0.1) is 0 Å². The molecule has 1 aliphatic heterocycles. The minimum Gasteiger partial charge on any atom is -0.463 e. The van der Waals surface area contributed by atoms with Gasteiger partial charge in [-0.3, -0.25) is 19.0 Å². The van der Waals surface area contributed by atoms with E-state index in [-0.39, 0.29) is 12.4 Å². The van der Waals surface area contributed by atoms with Crippen LogP contribution in [-0.2, 0) is 33.3 Å². The number of carbonyl (C=O) groups excluding carboxylic acids is 3. The van der Waals surface area contributed by atoms with E-state index in [4.69, 9.17) is 24.7 Å². The molecule has 0 aromatic carbocycles. The molecule has 0 saturated carbocycles. The predicted molar refractivity (Wildman–Crippen MR) is 84.6 cm³/mol. The zero-order chi connectivity index (χ0) is 19.4. The Labute approximate surface area is 148 Å². The highest BCUT2D eigenvalue weighted by molar-refractivity contribution is 5.68.